The fourth-order valence-electron chi connectivity index (χ4n) is 1.82. The number of nitrogens with two attached hydrogens (primary N) is 1. The minimum absolute atomic E-state index is 0.667. The van der Waals surface area contributed by atoms with Crippen molar-refractivity contribution in [2.24, 2.45) is 0 Å². The Kier molecular flexibility index (Phi) is 3.77. The van der Waals surface area contributed by atoms with Crippen molar-refractivity contribution in [3.8, 4) is 5.75 Å². The lowest BCUT2D eigenvalue weighted by molar-refractivity contribution is 0.417. The Hall–Kier alpha value is -2.10. The molecule has 0 aliphatic heterocycles. The number of nitrogens with zero attached hydrogens (tertiary/aromatic N) is 2. The monoisotopic (exact) mass is 243 g/mol. The fraction of sp³-hybridized carbons (Fsp3) is 0.286. The van der Waals surface area contributed by atoms with Gasteiger partial charge in [-0.15, -0.1) is 0 Å². The Bertz CT molecular complexity index is 540. The molecule has 0 saturated carbocycles. The number of hydrogen-bond donors (Lipinski definition) is 1. The van der Waals surface area contributed by atoms with E-state index in [0.717, 1.165) is 24.4 Å². The molecule has 0 aliphatic rings. The molecule has 0 saturated heterocycles. The van der Waals surface area contributed by atoms with Crippen LogP contribution in [0.1, 0.15) is 17.1 Å². The van der Waals surface area contributed by atoms with Crippen molar-refractivity contribution in [3.63, 3.8) is 0 Å². The zero-order valence-electron chi connectivity index (χ0n) is 10.7. The van der Waals surface area contributed by atoms with Gasteiger partial charge in [0.15, 0.2) is 0 Å². The highest BCUT2D eigenvalue weighted by molar-refractivity contribution is 5.54. The van der Waals surface area contributed by atoms with Crippen molar-refractivity contribution in [2.75, 3.05) is 12.8 Å². The van der Waals surface area contributed by atoms with Crippen LogP contribution in [0.5, 0.6) is 5.75 Å². The highest BCUT2D eigenvalue weighted by Gasteiger charge is 2.02. The van der Waals surface area contributed by atoms with Crippen molar-refractivity contribution in [1.82, 2.24) is 9.97 Å². The van der Waals surface area contributed by atoms with E-state index in [1.165, 1.54) is 5.56 Å². The Morgan fingerprint density at radius 3 is 2.72 bits per heavy atom. The minimum atomic E-state index is 0.667. The average Bonchev–Trinajstić information content (AvgIpc) is 2.37. The first-order valence-electron chi connectivity index (χ1n) is 5.90. The number of methoxy groups -OCH3 is 1. The van der Waals surface area contributed by atoms with E-state index in [4.69, 9.17) is 10.5 Å². The predicted molar refractivity (Wildman–Crippen MR) is 71.6 cm³/mol. The summed E-state index contributed by atoms with van der Waals surface area (Å²) < 4.78 is 5.13. The van der Waals surface area contributed by atoms with Gasteiger partial charge in [0, 0.05) is 18.3 Å². The molecule has 0 unspecified atom stereocenters. The lowest BCUT2D eigenvalue weighted by atomic mass is 10.1. The molecule has 4 nitrogen and oxygen atoms in total. The topological polar surface area (TPSA) is 61.0 Å². The Labute approximate surface area is 107 Å². The summed E-state index contributed by atoms with van der Waals surface area (Å²) in [5.41, 5.74) is 8.70. The molecule has 2 rings (SSSR count). The molecule has 4 heteroatoms. The first kappa shape index (κ1) is 12.4. The Morgan fingerprint density at radius 1 is 1.22 bits per heavy atom. The van der Waals surface area contributed by atoms with Crippen LogP contribution in [0.3, 0.4) is 0 Å². The van der Waals surface area contributed by atoms with E-state index in [1.54, 1.807) is 13.3 Å². The SMILES string of the molecule is COc1ccc(CCc2nccc(C)n2)cc1N. The van der Waals surface area contributed by atoms with E-state index in [2.05, 4.69) is 9.97 Å². The molecule has 0 atom stereocenters. The second-order valence-electron chi connectivity index (χ2n) is 4.19. The third kappa shape index (κ3) is 2.97. The van der Waals surface area contributed by atoms with Gasteiger partial charge in [0.05, 0.1) is 12.8 Å². The normalized spacial score (nSPS) is 10.3. The molecule has 0 radical (unpaired) electrons. The first-order valence-corrected chi connectivity index (χ1v) is 5.90. The summed E-state index contributed by atoms with van der Waals surface area (Å²) in [6.07, 6.45) is 3.48. The van der Waals surface area contributed by atoms with Crippen LogP contribution in [0, 0.1) is 6.92 Å². The van der Waals surface area contributed by atoms with Gasteiger partial charge in [0.2, 0.25) is 0 Å². The standard InChI is InChI=1S/C14H17N3O/c1-10-7-8-16-14(17-10)6-4-11-3-5-13(18-2)12(15)9-11/h3,5,7-9H,4,6,15H2,1-2H3. The predicted octanol–water partition coefficient (Wildman–Crippen LogP) is 2.16. The van der Waals surface area contributed by atoms with Gasteiger partial charge < -0.3 is 10.5 Å². The number of hydrogen-bond acceptors (Lipinski definition) is 4. The van der Waals surface area contributed by atoms with E-state index in [0.29, 0.717) is 11.4 Å². The van der Waals surface area contributed by atoms with Crippen molar-refractivity contribution in [3.05, 3.63) is 47.5 Å². The molecular formula is C14H17N3O. The Balaban J connectivity index is 2.04. The molecule has 1 aromatic carbocycles. The van der Waals surface area contributed by atoms with Crippen LogP contribution < -0.4 is 10.5 Å². The van der Waals surface area contributed by atoms with Gasteiger partial charge in [-0.25, -0.2) is 9.97 Å². The van der Waals surface area contributed by atoms with Crippen LogP contribution in [-0.2, 0) is 12.8 Å². The maximum atomic E-state index is 5.87. The summed E-state index contributed by atoms with van der Waals surface area (Å²) in [7, 11) is 1.62. The van der Waals surface area contributed by atoms with Crippen LogP contribution in [0.2, 0.25) is 0 Å². The zero-order chi connectivity index (χ0) is 13.0. The molecule has 2 N–H and O–H groups in total. The lowest BCUT2D eigenvalue weighted by Crippen LogP contribution is -2.00. The van der Waals surface area contributed by atoms with Gasteiger partial charge in [-0.05, 0) is 37.1 Å². The summed E-state index contributed by atoms with van der Waals surface area (Å²) in [6, 6.07) is 7.75. The van der Waals surface area contributed by atoms with Gasteiger partial charge >= 0.3 is 0 Å². The molecule has 18 heavy (non-hydrogen) atoms. The van der Waals surface area contributed by atoms with Crippen LogP contribution in [0.4, 0.5) is 5.69 Å². The van der Waals surface area contributed by atoms with Gasteiger partial charge in [-0.1, -0.05) is 6.07 Å². The molecule has 1 aromatic heterocycles. The summed E-state index contributed by atoms with van der Waals surface area (Å²) in [5.74, 6) is 1.58. The van der Waals surface area contributed by atoms with Crippen LogP contribution in [0.25, 0.3) is 0 Å². The second kappa shape index (κ2) is 5.49. The number of anilines is 1. The quantitative estimate of drug-likeness (QED) is 0.836. The highest BCUT2D eigenvalue weighted by atomic mass is 16.5. The third-order valence-electron chi connectivity index (χ3n) is 2.78. The number of ether oxygens (including phenoxy) is 1. The summed E-state index contributed by atoms with van der Waals surface area (Å²) in [5, 5.41) is 0. The molecule has 94 valence electrons. The van der Waals surface area contributed by atoms with Crippen molar-refractivity contribution >= 4 is 5.69 Å². The first-order chi connectivity index (χ1) is 8.69. The number of benzene rings is 1. The summed E-state index contributed by atoms with van der Waals surface area (Å²) >= 11 is 0. The summed E-state index contributed by atoms with van der Waals surface area (Å²) in [4.78, 5) is 8.62. The largest absolute Gasteiger partial charge is 0.495 e. The average molecular weight is 243 g/mol. The van der Waals surface area contributed by atoms with Crippen LogP contribution in [0.15, 0.2) is 30.5 Å². The number of rotatable bonds is 4. The molecule has 0 fully saturated rings. The molecule has 0 bridgehead atoms. The maximum Gasteiger partial charge on any atom is 0.141 e. The van der Waals surface area contributed by atoms with Gasteiger partial charge in [0.25, 0.3) is 0 Å². The van der Waals surface area contributed by atoms with Gasteiger partial charge in [-0.2, -0.15) is 0 Å². The van der Waals surface area contributed by atoms with E-state index in [1.807, 2.05) is 31.2 Å². The van der Waals surface area contributed by atoms with Crippen molar-refractivity contribution < 1.29 is 4.74 Å². The molecule has 0 amide bonds. The van der Waals surface area contributed by atoms with E-state index < -0.39 is 0 Å². The summed E-state index contributed by atoms with van der Waals surface area (Å²) in [6.45, 7) is 1.97. The number of nitrogen functional groups attached to an aromatic ring is 1. The van der Waals surface area contributed by atoms with E-state index in [9.17, 15) is 0 Å². The van der Waals surface area contributed by atoms with Crippen LogP contribution >= 0.6 is 0 Å². The molecular weight excluding hydrogens is 226 g/mol. The zero-order valence-corrected chi connectivity index (χ0v) is 10.7. The van der Waals surface area contributed by atoms with Crippen molar-refractivity contribution in [2.45, 2.75) is 19.8 Å². The maximum absolute atomic E-state index is 5.87. The smallest absolute Gasteiger partial charge is 0.141 e. The second-order valence-corrected chi connectivity index (χ2v) is 4.19. The van der Waals surface area contributed by atoms with Crippen molar-refractivity contribution in [1.29, 1.82) is 0 Å². The minimum Gasteiger partial charge on any atom is -0.495 e. The third-order valence-corrected chi connectivity index (χ3v) is 2.78. The lowest BCUT2D eigenvalue weighted by Gasteiger charge is -2.07. The van der Waals surface area contributed by atoms with Gasteiger partial charge in [-0.3, -0.25) is 0 Å². The molecule has 1 heterocycles. The number of aromatic nitrogens is 2. The molecule has 0 spiro atoms. The molecule has 0 aliphatic carbocycles. The number of aryl methyl sites for hydroxylation is 3. The Morgan fingerprint density at radius 2 is 2.06 bits per heavy atom. The van der Waals surface area contributed by atoms with E-state index in [-0.39, 0.29) is 0 Å². The fourth-order valence-corrected chi connectivity index (χ4v) is 1.82. The van der Waals surface area contributed by atoms with Gasteiger partial charge in [0.1, 0.15) is 11.6 Å². The molecule has 2 aromatic rings. The van der Waals surface area contributed by atoms with E-state index >= 15 is 0 Å². The highest BCUT2D eigenvalue weighted by Crippen LogP contribution is 2.22. The van der Waals surface area contributed by atoms with Crippen LogP contribution in [-0.4, -0.2) is 17.1 Å².